The van der Waals surface area contributed by atoms with Crippen molar-refractivity contribution in [3.05, 3.63) is 82.4 Å². The number of pyridine rings is 1. The quantitative estimate of drug-likeness (QED) is 0.404. The molecule has 0 bridgehead atoms. The average molecular weight is 431 g/mol. The third-order valence-electron chi connectivity index (χ3n) is 5.03. The number of aromatic nitrogens is 1. The third kappa shape index (κ3) is 4.41. The molecule has 4 rings (SSSR count). The van der Waals surface area contributed by atoms with Crippen molar-refractivity contribution in [2.24, 2.45) is 5.73 Å². The Morgan fingerprint density at radius 1 is 1.03 bits per heavy atom. The van der Waals surface area contributed by atoms with Crippen LogP contribution in [0.5, 0.6) is 0 Å². The molecular weight excluding hydrogens is 408 g/mol. The van der Waals surface area contributed by atoms with Gasteiger partial charge in [0.05, 0.1) is 23.2 Å². The average Bonchev–Trinajstić information content (AvgIpc) is 3.11. The molecule has 2 heterocycles. The summed E-state index contributed by atoms with van der Waals surface area (Å²) >= 11 is 1.30. The van der Waals surface area contributed by atoms with Crippen molar-refractivity contribution < 1.29 is 9.59 Å². The molecule has 4 aromatic rings. The highest BCUT2D eigenvalue weighted by atomic mass is 32.1. The summed E-state index contributed by atoms with van der Waals surface area (Å²) in [6, 6.07) is 15.7. The lowest BCUT2D eigenvalue weighted by molar-refractivity contribution is -0.115. The zero-order valence-electron chi connectivity index (χ0n) is 17.2. The van der Waals surface area contributed by atoms with Gasteiger partial charge in [-0.2, -0.15) is 0 Å². The molecule has 6 nitrogen and oxygen atoms in total. The van der Waals surface area contributed by atoms with E-state index in [2.05, 4.69) is 15.6 Å². The van der Waals surface area contributed by atoms with Crippen molar-refractivity contribution in [1.82, 2.24) is 4.98 Å². The third-order valence-corrected chi connectivity index (χ3v) is 6.04. The Balaban J connectivity index is 1.46. The van der Waals surface area contributed by atoms with Gasteiger partial charge in [0.25, 0.3) is 5.91 Å². The molecule has 0 atom stereocenters. The molecule has 2 aromatic carbocycles. The number of carbonyl (C=O) groups is 2. The van der Waals surface area contributed by atoms with Crippen molar-refractivity contribution in [3.63, 3.8) is 0 Å². The number of primary amides is 1. The summed E-state index contributed by atoms with van der Waals surface area (Å²) in [6.07, 6.45) is 2.06. The SMILES string of the molecule is Cc1csc(NC(=O)Cc2ccc(Nc3c(C)cnc4ccccc34)cc2)c1C(N)=O. The van der Waals surface area contributed by atoms with E-state index in [1.54, 1.807) is 12.3 Å². The van der Waals surface area contributed by atoms with E-state index in [0.717, 1.165) is 39.0 Å². The van der Waals surface area contributed by atoms with Gasteiger partial charge >= 0.3 is 0 Å². The van der Waals surface area contributed by atoms with E-state index in [0.29, 0.717) is 10.6 Å². The van der Waals surface area contributed by atoms with E-state index in [9.17, 15) is 9.59 Å². The minimum atomic E-state index is -0.539. The second-order valence-electron chi connectivity index (χ2n) is 7.37. The minimum absolute atomic E-state index is 0.193. The number of benzene rings is 2. The predicted octanol–water partition coefficient (Wildman–Crippen LogP) is 4.94. The number of anilines is 3. The van der Waals surface area contributed by atoms with Crippen LogP contribution in [0.25, 0.3) is 10.9 Å². The molecular formula is C24H22N4O2S. The number of rotatable bonds is 6. The molecule has 0 aliphatic heterocycles. The predicted molar refractivity (Wildman–Crippen MR) is 126 cm³/mol. The number of nitrogens with two attached hydrogens (primary N) is 1. The van der Waals surface area contributed by atoms with Crippen molar-refractivity contribution in [2.75, 3.05) is 10.6 Å². The lowest BCUT2D eigenvalue weighted by Gasteiger charge is -2.13. The van der Waals surface area contributed by atoms with Crippen LogP contribution in [0, 0.1) is 13.8 Å². The van der Waals surface area contributed by atoms with E-state index in [4.69, 9.17) is 5.73 Å². The first-order valence-corrected chi connectivity index (χ1v) is 10.7. The highest BCUT2D eigenvalue weighted by Crippen LogP contribution is 2.29. The van der Waals surface area contributed by atoms with Gasteiger partial charge in [-0.15, -0.1) is 11.3 Å². The molecule has 2 amide bonds. The van der Waals surface area contributed by atoms with Gasteiger partial charge < -0.3 is 16.4 Å². The van der Waals surface area contributed by atoms with Gasteiger partial charge in [-0.05, 0) is 54.1 Å². The molecule has 0 saturated heterocycles. The topological polar surface area (TPSA) is 97.1 Å². The number of fused-ring (bicyclic) bond motifs is 1. The number of nitrogens with zero attached hydrogens (tertiary/aromatic N) is 1. The first-order chi connectivity index (χ1) is 14.9. The van der Waals surface area contributed by atoms with E-state index >= 15 is 0 Å². The number of para-hydroxylation sites is 1. The normalized spacial score (nSPS) is 10.8. The van der Waals surface area contributed by atoms with Gasteiger partial charge in [0.1, 0.15) is 5.00 Å². The van der Waals surface area contributed by atoms with E-state index in [1.165, 1.54) is 11.3 Å². The van der Waals surface area contributed by atoms with Gasteiger partial charge in [-0.1, -0.05) is 30.3 Å². The summed E-state index contributed by atoms with van der Waals surface area (Å²) in [7, 11) is 0. The molecule has 156 valence electrons. The van der Waals surface area contributed by atoms with E-state index < -0.39 is 5.91 Å². The summed E-state index contributed by atoms with van der Waals surface area (Å²) in [5, 5.41) is 9.63. The van der Waals surface area contributed by atoms with Crippen LogP contribution in [0.4, 0.5) is 16.4 Å². The Hall–Kier alpha value is -3.71. The van der Waals surface area contributed by atoms with Crippen LogP contribution in [0.2, 0.25) is 0 Å². The monoisotopic (exact) mass is 430 g/mol. The summed E-state index contributed by atoms with van der Waals surface area (Å²) < 4.78 is 0. The number of amides is 2. The molecule has 2 aromatic heterocycles. The Morgan fingerprint density at radius 2 is 1.77 bits per heavy atom. The van der Waals surface area contributed by atoms with Gasteiger partial charge in [0.15, 0.2) is 0 Å². The van der Waals surface area contributed by atoms with E-state index in [-0.39, 0.29) is 12.3 Å². The molecule has 0 saturated carbocycles. The van der Waals surface area contributed by atoms with Gasteiger partial charge in [0, 0.05) is 17.3 Å². The largest absolute Gasteiger partial charge is 0.365 e. The van der Waals surface area contributed by atoms with Crippen LogP contribution < -0.4 is 16.4 Å². The molecule has 4 N–H and O–H groups in total. The lowest BCUT2D eigenvalue weighted by atomic mass is 10.1. The maximum Gasteiger partial charge on any atom is 0.251 e. The number of hydrogen-bond acceptors (Lipinski definition) is 5. The van der Waals surface area contributed by atoms with Gasteiger partial charge in [0.2, 0.25) is 5.91 Å². The fourth-order valence-electron chi connectivity index (χ4n) is 3.46. The molecule has 31 heavy (non-hydrogen) atoms. The zero-order valence-corrected chi connectivity index (χ0v) is 18.0. The maximum atomic E-state index is 12.5. The molecule has 0 unspecified atom stereocenters. The highest BCUT2D eigenvalue weighted by Gasteiger charge is 2.16. The highest BCUT2D eigenvalue weighted by molar-refractivity contribution is 7.15. The summed E-state index contributed by atoms with van der Waals surface area (Å²) in [6.45, 7) is 3.82. The van der Waals surface area contributed by atoms with Crippen LogP contribution in [0.3, 0.4) is 0 Å². The number of aryl methyl sites for hydroxylation is 2. The molecule has 0 spiro atoms. The molecule has 0 aliphatic rings. The lowest BCUT2D eigenvalue weighted by Crippen LogP contribution is -2.18. The Bertz CT molecular complexity index is 1280. The number of hydrogen-bond donors (Lipinski definition) is 3. The Labute approximate surface area is 184 Å². The smallest absolute Gasteiger partial charge is 0.251 e. The number of nitrogens with one attached hydrogen (secondary N) is 2. The van der Waals surface area contributed by atoms with Gasteiger partial charge in [-0.3, -0.25) is 14.6 Å². The number of thiophene rings is 1. The van der Waals surface area contributed by atoms with Crippen LogP contribution in [0.15, 0.2) is 60.1 Å². The van der Waals surface area contributed by atoms with Crippen molar-refractivity contribution in [3.8, 4) is 0 Å². The second kappa shape index (κ2) is 8.57. The standard InChI is InChI=1S/C24H22N4O2S/c1-14-12-26-19-6-4-3-5-18(19)22(14)27-17-9-7-16(8-10-17)11-20(29)28-24-21(23(25)30)15(2)13-31-24/h3-10,12-13H,11H2,1-2H3,(H2,25,30)(H,26,27)(H,28,29). The molecule has 0 aliphatic carbocycles. The summed E-state index contributed by atoms with van der Waals surface area (Å²) in [4.78, 5) is 28.5. The molecule has 0 radical (unpaired) electrons. The minimum Gasteiger partial charge on any atom is -0.365 e. The Morgan fingerprint density at radius 3 is 2.52 bits per heavy atom. The van der Waals surface area contributed by atoms with Crippen molar-refractivity contribution in [2.45, 2.75) is 20.3 Å². The first-order valence-electron chi connectivity index (χ1n) is 9.80. The zero-order chi connectivity index (χ0) is 22.0. The van der Waals surface area contributed by atoms with Crippen LogP contribution in [-0.2, 0) is 11.2 Å². The van der Waals surface area contributed by atoms with Crippen molar-refractivity contribution >= 4 is 50.4 Å². The second-order valence-corrected chi connectivity index (χ2v) is 8.25. The van der Waals surface area contributed by atoms with Crippen LogP contribution in [0.1, 0.15) is 27.0 Å². The Kier molecular flexibility index (Phi) is 5.68. The number of carbonyl (C=O) groups excluding carboxylic acids is 2. The van der Waals surface area contributed by atoms with Gasteiger partial charge in [-0.25, -0.2) is 0 Å². The maximum absolute atomic E-state index is 12.5. The van der Waals surface area contributed by atoms with Crippen LogP contribution >= 0.6 is 11.3 Å². The van der Waals surface area contributed by atoms with Crippen LogP contribution in [-0.4, -0.2) is 16.8 Å². The van der Waals surface area contributed by atoms with Crippen molar-refractivity contribution in [1.29, 1.82) is 0 Å². The summed E-state index contributed by atoms with van der Waals surface area (Å²) in [5.74, 6) is -0.732. The van der Waals surface area contributed by atoms with E-state index in [1.807, 2.05) is 61.7 Å². The first kappa shape index (κ1) is 20.6. The fourth-order valence-corrected chi connectivity index (χ4v) is 4.42. The molecule has 7 heteroatoms. The summed E-state index contributed by atoms with van der Waals surface area (Å²) in [5.41, 5.74) is 11.4. The molecule has 0 fully saturated rings. The fraction of sp³-hybridized carbons (Fsp3) is 0.125.